The number of rotatable bonds is 0. The molecule has 0 aromatic rings. The SMILES string of the molecule is Cl.O.[AlH3].[Zr]. The van der Waals surface area contributed by atoms with Gasteiger partial charge in [0.25, 0.3) is 0 Å². The first-order valence-electron chi connectivity index (χ1n) is 0. The van der Waals surface area contributed by atoms with E-state index in [1.165, 1.54) is 0 Å². The van der Waals surface area contributed by atoms with Crippen LogP contribution >= 0.6 is 12.4 Å². The summed E-state index contributed by atoms with van der Waals surface area (Å²) >= 11 is 0. The molecule has 4 heavy (non-hydrogen) atoms. The molecule has 0 aromatic carbocycles. The Kier molecular flexibility index (Phi) is 251. The molecule has 0 heterocycles. The summed E-state index contributed by atoms with van der Waals surface area (Å²) in [5.74, 6) is 0. The Bertz CT molecular complexity index is 8.00. The Labute approximate surface area is 61.1 Å². The van der Waals surface area contributed by atoms with Crippen LogP contribution in [0.15, 0.2) is 0 Å². The summed E-state index contributed by atoms with van der Waals surface area (Å²) in [6.45, 7) is 0. The van der Waals surface area contributed by atoms with Gasteiger partial charge in [-0.3, -0.25) is 0 Å². The van der Waals surface area contributed by atoms with Gasteiger partial charge in [-0.2, -0.15) is 0 Å². The van der Waals surface area contributed by atoms with Crippen molar-refractivity contribution in [1.82, 2.24) is 0 Å². The zero-order valence-corrected chi connectivity index (χ0v) is 4.68. The second-order valence-corrected chi connectivity index (χ2v) is 0. The van der Waals surface area contributed by atoms with Gasteiger partial charge in [-0.1, -0.05) is 0 Å². The third-order valence-corrected chi connectivity index (χ3v) is 0. The maximum absolute atomic E-state index is 0. The molecule has 0 atom stereocenters. The van der Waals surface area contributed by atoms with E-state index in [1.54, 1.807) is 0 Å². The first kappa shape index (κ1) is 44.5. The zero-order valence-electron chi connectivity index (χ0n) is 1.41. The van der Waals surface area contributed by atoms with Gasteiger partial charge in [0.05, 0.1) is 0 Å². The molecule has 0 spiro atoms. The summed E-state index contributed by atoms with van der Waals surface area (Å²) in [6, 6.07) is 0. The molecule has 0 aliphatic carbocycles. The average Bonchev–Trinajstić information content (AvgIpc) is 0. The summed E-state index contributed by atoms with van der Waals surface area (Å²) in [5.41, 5.74) is 0. The normalized spacial score (nSPS) is 0. The van der Waals surface area contributed by atoms with Gasteiger partial charge in [0.1, 0.15) is 0 Å². The second-order valence-electron chi connectivity index (χ2n) is 0. The van der Waals surface area contributed by atoms with E-state index >= 15 is 0 Å². The van der Waals surface area contributed by atoms with Gasteiger partial charge in [0.15, 0.2) is 17.4 Å². The third-order valence-electron chi connectivity index (χ3n) is 0. The van der Waals surface area contributed by atoms with E-state index in [0.29, 0.717) is 0 Å². The molecule has 0 aliphatic heterocycles. The predicted molar refractivity (Wildman–Crippen MR) is 20.8 cm³/mol. The predicted octanol–water partition coefficient (Wildman–Crippen LogP) is -1.59. The molecule has 0 unspecified atom stereocenters. The van der Waals surface area contributed by atoms with E-state index in [9.17, 15) is 0 Å². The molecular formula is H6AlClOZr. The van der Waals surface area contributed by atoms with Crippen LogP contribution in [0.3, 0.4) is 0 Å². The molecule has 1 nitrogen and oxygen atoms in total. The fraction of sp³-hybridized carbons (Fsp3) is 0. The van der Waals surface area contributed by atoms with Crippen LogP contribution in [0.5, 0.6) is 0 Å². The van der Waals surface area contributed by atoms with Crippen molar-refractivity contribution in [3.05, 3.63) is 0 Å². The van der Waals surface area contributed by atoms with E-state index in [4.69, 9.17) is 0 Å². The van der Waals surface area contributed by atoms with Crippen molar-refractivity contribution in [3.63, 3.8) is 0 Å². The average molecular weight is 176 g/mol. The van der Waals surface area contributed by atoms with Gasteiger partial charge in [0, 0.05) is 26.2 Å². The van der Waals surface area contributed by atoms with Crippen LogP contribution in [0.25, 0.3) is 0 Å². The Balaban J connectivity index is 0. The van der Waals surface area contributed by atoms with E-state index in [1.807, 2.05) is 0 Å². The maximum atomic E-state index is 0. The first-order valence-corrected chi connectivity index (χ1v) is 0. The molecule has 0 saturated heterocycles. The minimum Gasteiger partial charge on any atom is -0.412 e. The summed E-state index contributed by atoms with van der Waals surface area (Å²) in [7, 11) is 0. The van der Waals surface area contributed by atoms with Crippen molar-refractivity contribution < 1.29 is 31.7 Å². The summed E-state index contributed by atoms with van der Waals surface area (Å²) in [5, 5.41) is 0. The first-order chi connectivity index (χ1) is 0. The van der Waals surface area contributed by atoms with Crippen molar-refractivity contribution in [2.24, 2.45) is 0 Å². The zero-order chi connectivity index (χ0) is 0. The molecule has 0 aromatic heterocycles. The molecule has 0 fully saturated rings. The van der Waals surface area contributed by atoms with E-state index in [-0.39, 0.29) is 61.4 Å². The topological polar surface area (TPSA) is 31.5 Å². The van der Waals surface area contributed by atoms with Crippen molar-refractivity contribution >= 4 is 29.8 Å². The quantitative estimate of drug-likeness (QED) is 0.398. The molecule has 0 radical (unpaired) electrons. The van der Waals surface area contributed by atoms with Gasteiger partial charge >= 0.3 is 0 Å². The molecule has 0 saturated carbocycles. The minimum absolute atomic E-state index is 0. The maximum Gasteiger partial charge on any atom is 0.187 e. The standard InChI is InChI=1S/Al.ClH.H2O.Zr.3H/h;1H;1H2;;;;. The largest absolute Gasteiger partial charge is 0.412 e. The van der Waals surface area contributed by atoms with Gasteiger partial charge in [0.2, 0.25) is 0 Å². The Morgan fingerprint density at radius 2 is 1.00 bits per heavy atom. The van der Waals surface area contributed by atoms with Crippen molar-refractivity contribution in [3.8, 4) is 0 Å². The Morgan fingerprint density at radius 3 is 1.00 bits per heavy atom. The molecule has 2 N–H and O–H groups in total. The fourth-order valence-electron chi connectivity index (χ4n) is 0. The Morgan fingerprint density at radius 1 is 1.00 bits per heavy atom. The molecule has 4 heteroatoms. The minimum atomic E-state index is 0. The van der Waals surface area contributed by atoms with Gasteiger partial charge in [-0.25, -0.2) is 0 Å². The monoisotopic (exact) mass is 174 g/mol. The number of hydrogen-bond donors (Lipinski definition) is 0. The van der Waals surface area contributed by atoms with Crippen LogP contribution in [-0.4, -0.2) is 22.8 Å². The van der Waals surface area contributed by atoms with Crippen LogP contribution in [0.1, 0.15) is 0 Å². The van der Waals surface area contributed by atoms with E-state index in [0.717, 1.165) is 0 Å². The number of hydrogen-bond acceptors (Lipinski definition) is 0. The fourth-order valence-corrected chi connectivity index (χ4v) is 0. The Hall–Kier alpha value is 1.67. The van der Waals surface area contributed by atoms with Crippen LogP contribution in [0.2, 0.25) is 0 Å². The number of halogens is 1. The second kappa shape index (κ2) is 22.6. The molecular weight excluding hydrogens is 170 g/mol. The van der Waals surface area contributed by atoms with Crippen molar-refractivity contribution in [2.75, 3.05) is 0 Å². The third kappa shape index (κ3) is 9.39. The van der Waals surface area contributed by atoms with Crippen LogP contribution < -0.4 is 0 Å². The molecule has 0 aliphatic rings. The van der Waals surface area contributed by atoms with Crippen molar-refractivity contribution in [1.29, 1.82) is 0 Å². The molecule has 26 valence electrons. The van der Waals surface area contributed by atoms with E-state index < -0.39 is 0 Å². The van der Waals surface area contributed by atoms with Crippen molar-refractivity contribution in [2.45, 2.75) is 0 Å². The molecule has 0 bridgehead atoms. The van der Waals surface area contributed by atoms with Gasteiger partial charge in [-0.05, 0) is 0 Å². The van der Waals surface area contributed by atoms with Gasteiger partial charge < -0.3 is 5.48 Å². The van der Waals surface area contributed by atoms with Crippen LogP contribution in [0.4, 0.5) is 0 Å². The molecule has 0 rings (SSSR count). The molecule has 0 amide bonds. The van der Waals surface area contributed by atoms with Crippen LogP contribution in [-0.2, 0) is 26.2 Å². The summed E-state index contributed by atoms with van der Waals surface area (Å²) < 4.78 is 0. The van der Waals surface area contributed by atoms with Crippen LogP contribution in [0, 0.1) is 0 Å². The van der Waals surface area contributed by atoms with Gasteiger partial charge in [-0.15, -0.1) is 12.4 Å². The van der Waals surface area contributed by atoms with E-state index in [2.05, 4.69) is 0 Å². The smallest absolute Gasteiger partial charge is 0.187 e. The summed E-state index contributed by atoms with van der Waals surface area (Å²) in [6.07, 6.45) is 0. The summed E-state index contributed by atoms with van der Waals surface area (Å²) in [4.78, 5) is 0.